The molecule has 1 heterocycles. The van der Waals surface area contributed by atoms with Crippen LogP contribution in [0.2, 0.25) is 0 Å². The fourth-order valence-electron chi connectivity index (χ4n) is 3.71. The van der Waals surface area contributed by atoms with Crippen LogP contribution < -0.4 is 4.74 Å². The molecule has 2 aromatic carbocycles. The minimum absolute atomic E-state index is 0.235. The van der Waals surface area contributed by atoms with Crippen LogP contribution in [0.15, 0.2) is 48.5 Å². The van der Waals surface area contributed by atoms with E-state index in [1.807, 2.05) is 39.0 Å². The SMILES string of the molecule is CC(C)(C)OC(=O)N1CCCC(COc2ccc(F)cc2CCc2ccccc2)C1. The van der Waals surface area contributed by atoms with Crippen molar-refractivity contribution in [2.24, 2.45) is 5.92 Å². The smallest absolute Gasteiger partial charge is 0.410 e. The van der Waals surface area contributed by atoms with E-state index in [2.05, 4.69) is 12.1 Å². The fraction of sp³-hybridized carbons (Fsp3) is 0.480. The summed E-state index contributed by atoms with van der Waals surface area (Å²) < 4.78 is 25.4. The molecular weight excluding hydrogens is 381 g/mol. The van der Waals surface area contributed by atoms with Gasteiger partial charge in [0.2, 0.25) is 0 Å². The van der Waals surface area contributed by atoms with E-state index in [9.17, 15) is 9.18 Å². The van der Waals surface area contributed by atoms with Crippen molar-refractivity contribution in [2.45, 2.75) is 52.1 Å². The van der Waals surface area contributed by atoms with Crippen molar-refractivity contribution in [1.82, 2.24) is 4.90 Å². The topological polar surface area (TPSA) is 38.8 Å². The molecule has 0 spiro atoms. The van der Waals surface area contributed by atoms with Crippen molar-refractivity contribution in [3.63, 3.8) is 0 Å². The Balaban J connectivity index is 1.57. The zero-order chi connectivity index (χ0) is 21.6. The Morgan fingerprint density at radius 3 is 2.63 bits per heavy atom. The van der Waals surface area contributed by atoms with Crippen molar-refractivity contribution >= 4 is 6.09 Å². The van der Waals surface area contributed by atoms with E-state index in [-0.39, 0.29) is 17.8 Å². The lowest BCUT2D eigenvalue weighted by molar-refractivity contribution is 0.0139. The molecule has 3 rings (SSSR count). The molecule has 1 aliphatic heterocycles. The van der Waals surface area contributed by atoms with E-state index in [1.54, 1.807) is 17.0 Å². The first-order valence-corrected chi connectivity index (χ1v) is 10.7. The number of piperidine rings is 1. The molecule has 5 heteroatoms. The lowest BCUT2D eigenvalue weighted by Gasteiger charge is -2.34. The monoisotopic (exact) mass is 413 g/mol. The quantitative estimate of drug-likeness (QED) is 0.615. The van der Waals surface area contributed by atoms with E-state index >= 15 is 0 Å². The van der Waals surface area contributed by atoms with Crippen molar-refractivity contribution in [3.05, 3.63) is 65.5 Å². The highest BCUT2D eigenvalue weighted by molar-refractivity contribution is 5.68. The summed E-state index contributed by atoms with van der Waals surface area (Å²) >= 11 is 0. The van der Waals surface area contributed by atoms with E-state index in [0.29, 0.717) is 26.1 Å². The molecule has 162 valence electrons. The number of hydrogen-bond acceptors (Lipinski definition) is 3. The number of ether oxygens (including phenoxy) is 2. The number of benzene rings is 2. The molecule has 0 aromatic heterocycles. The molecule has 1 unspecified atom stereocenters. The van der Waals surface area contributed by atoms with Crippen molar-refractivity contribution in [1.29, 1.82) is 0 Å². The van der Waals surface area contributed by atoms with Gasteiger partial charge in [0.1, 0.15) is 17.2 Å². The van der Waals surface area contributed by atoms with E-state index in [4.69, 9.17) is 9.47 Å². The lowest BCUT2D eigenvalue weighted by atomic mass is 9.99. The number of hydrogen-bond donors (Lipinski definition) is 0. The normalized spacial score (nSPS) is 16.9. The molecule has 4 nitrogen and oxygen atoms in total. The van der Waals surface area contributed by atoms with Crippen LogP contribution in [0.25, 0.3) is 0 Å². The molecule has 1 fully saturated rings. The minimum Gasteiger partial charge on any atom is -0.493 e. The summed E-state index contributed by atoms with van der Waals surface area (Å²) in [6.45, 7) is 7.46. The number of halogens is 1. The Bertz CT molecular complexity index is 832. The Hall–Kier alpha value is -2.56. The van der Waals surface area contributed by atoms with Gasteiger partial charge in [-0.15, -0.1) is 0 Å². The Morgan fingerprint density at radius 1 is 1.13 bits per heavy atom. The van der Waals surface area contributed by atoms with Crippen LogP contribution in [-0.2, 0) is 17.6 Å². The summed E-state index contributed by atoms with van der Waals surface area (Å²) in [4.78, 5) is 14.1. The van der Waals surface area contributed by atoms with Gasteiger partial charge in [0.25, 0.3) is 0 Å². The molecule has 0 bridgehead atoms. The number of rotatable bonds is 6. The van der Waals surface area contributed by atoms with Crippen LogP contribution in [0.3, 0.4) is 0 Å². The first-order chi connectivity index (χ1) is 14.3. The minimum atomic E-state index is -0.498. The summed E-state index contributed by atoms with van der Waals surface area (Å²) in [6.07, 6.45) is 3.21. The van der Waals surface area contributed by atoms with Crippen LogP contribution >= 0.6 is 0 Å². The van der Waals surface area contributed by atoms with Gasteiger partial charge in [-0.1, -0.05) is 30.3 Å². The van der Waals surface area contributed by atoms with Crippen LogP contribution in [-0.4, -0.2) is 36.3 Å². The molecule has 0 saturated carbocycles. The van der Waals surface area contributed by atoms with Gasteiger partial charge < -0.3 is 14.4 Å². The van der Waals surface area contributed by atoms with Crippen molar-refractivity contribution in [2.75, 3.05) is 19.7 Å². The van der Waals surface area contributed by atoms with Gasteiger partial charge in [-0.05, 0) is 75.8 Å². The van der Waals surface area contributed by atoms with Gasteiger partial charge in [0, 0.05) is 19.0 Å². The van der Waals surface area contributed by atoms with Gasteiger partial charge in [0.15, 0.2) is 0 Å². The van der Waals surface area contributed by atoms with Crippen LogP contribution in [0, 0.1) is 11.7 Å². The maximum absolute atomic E-state index is 13.8. The standard InChI is InChI=1S/C25H32FNO3/c1-25(2,3)30-24(28)27-15-7-10-20(17-27)18-29-23-14-13-22(26)16-21(23)12-11-19-8-5-4-6-9-19/h4-6,8-9,13-14,16,20H,7,10-12,15,17-18H2,1-3H3. The Labute approximate surface area is 179 Å². The molecule has 1 amide bonds. The number of aryl methyl sites for hydroxylation is 2. The number of carbonyl (C=O) groups excluding carboxylic acids is 1. The Morgan fingerprint density at radius 2 is 1.90 bits per heavy atom. The second kappa shape index (κ2) is 9.96. The largest absolute Gasteiger partial charge is 0.493 e. The molecule has 1 saturated heterocycles. The first-order valence-electron chi connectivity index (χ1n) is 10.7. The summed E-state index contributed by atoms with van der Waals surface area (Å²) in [5.74, 6) is 0.708. The molecular formula is C25H32FNO3. The zero-order valence-corrected chi connectivity index (χ0v) is 18.2. The van der Waals surface area contributed by atoms with E-state index < -0.39 is 5.60 Å². The molecule has 2 aromatic rings. The maximum Gasteiger partial charge on any atom is 0.410 e. The third-order valence-electron chi connectivity index (χ3n) is 5.19. The zero-order valence-electron chi connectivity index (χ0n) is 18.2. The molecule has 30 heavy (non-hydrogen) atoms. The van der Waals surface area contributed by atoms with Crippen molar-refractivity contribution in [3.8, 4) is 5.75 Å². The number of amides is 1. The van der Waals surface area contributed by atoms with Gasteiger partial charge in [-0.3, -0.25) is 0 Å². The van der Waals surface area contributed by atoms with Crippen LogP contribution in [0.4, 0.5) is 9.18 Å². The number of likely N-dealkylation sites (tertiary alicyclic amines) is 1. The van der Waals surface area contributed by atoms with Crippen molar-refractivity contribution < 1.29 is 18.7 Å². The van der Waals surface area contributed by atoms with Crippen LogP contribution in [0.1, 0.15) is 44.7 Å². The molecule has 0 radical (unpaired) electrons. The average molecular weight is 414 g/mol. The summed E-state index contributed by atoms with van der Waals surface area (Å²) in [7, 11) is 0. The average Bonchev–Trinajstić information content (AvgIpc) is 2.71. The predicted molar refractivity (Wildman–Crippen MR) is 116 cm³/mol. The molecule has 1 aliphatic rings. The van der Waals surface area contributed by atoms with E-state index in [1.165, 1.54) is 11.6 Å². The molecule has 1 atom stereocenters. The van der Waals surface area contributed by atoms with Gasteiger partial charge in [0.05, 0.1) is 6.61 Å². The third kappa shape index (κ3) is 6.75. The van der Waals surface area contributed by atoms with E-state index in [0.717, 1.165) is 30.6 Å². The van der Waals surface area contributed by atoms with Crippen LogP contribution in [0.5, 0.6) is 5.75 Å². The predicted octanol–water partition coefficient (Wildman–Crippen LogP) is 5.64. The first kappa shape index (κ1) is 22.1. The highest BCUT2D eigenvalue weighted by atomic mass is 19.1. The molecule has 0 aliphatic carbocycles. The number of nitrogens with zero attached hydrogens (tertiary/aromatic N) is 1. The van der Waals surface area contributed by atoms with Gasteiger partial charge in [-0.25, -0.2) is 9.18 Å². The second-order valence-corrected chi connectivity index (χ2v) is 8.98. The Kier molecular flexibility index (Phi) is 7.35. The summed E-state index contributed by atoms with van der Waals surface area (Å²) in [5.41, 5.74) is 1.59. The lowest BCUT2D eigenvalue weighted by Crippen LogP contribution is -2.44. The number of carbonyl (C=O) groups is 1. The maximum atomic E-state index is 13.8. The highest BCUT2D eigenvalue weighted by Gasteiger charge is 2.28. The highest BCUT2D eigenvalue weighted by Crippen LogP contribution is 2.25. The fourth-order valence-corrected chi connectivity index (χ4v) is 3.71. The summed E-state index contributed by atoms with van der Waals surface area (Å²) in [6, 6.07) is 14.9. The van der Waals surface area contributed by atoms with Gasteiger partial charge in [-0.2, -0.15) is 0 Å². The third-order valence-corrected chi connectivity index (χ3v) is 5.19. The summed E-state index contributed by atoms with van der Waals surface area (Å²) in [5, 5.41) is 0. The van der Waals surface area contributed by atoms with Gasteiger partial charge >= 0.3 is 6.09 Å². The molecule has 0 N–H and O–H groups in total. The second-order valence-electron chi connectivity index (χ2n) is 8.98.